The maximum atomic E-state index is 12.3. The monoisotopic (exact) mass is 416 g/mol. The highest BCUT2D eigenvalue weighted by atomic mass is 16.5. The Bertz CT molecular complexity index is 761. The van der Waals surface area contributed by atoms with E-state index in [0.717, 1.165) is 49.7 Å². The first-order chi connectivity index (χ1) is 14.4. The van der Waals surface area contributed by atoms with Crippen molar-refractivity contribution in [3.05, 3.63) is 42.5 Å². The van der Waals surface area contributed by atoms with Crippen LogP contribution in [0.3, 0.4) is 0 Å². The first-order valence-electron chi connectivity index (χ1n) is 10.2. The van der Waals surface area contributed by atoms with E-state index in [1.807, 2.05) is 35.2 Å². The van der Waals surface area contributed by atoms with Gasteiger partial charge in [-0.3, -0.25) is 9.69 Å². The number of fused-ring (bicyclic) bond motifs is 2. The number of carbonyl (C=O) groups excluding carboxylic acids is 1. The highest BCUT2D eigenvalue weighted by Crippen LogP contribution is 2.43. The molecule has 30 heavy (non-hydrogen) atoms. The number of amides is 1. The standard InChI is InChI=1S/C20H26N2O2.C2H2O4/c23-20(15-24-19-4-2-1-3-5-19)22-10-8-21(9-11-22)14-18-13-16-6-7-17(18)12-16;3-1(4)2(5)6/h1-7,16-18H,8-15H2;(H,3,4)(H,5,6). The Labute approximate surface area is 175 Å². The van der Waals surface area contributed by atoms with Crippen molar-refractivity contribution in [3.8, 4) is 5.75 Å². The topological polar surface area (TPSA) is 107 Å². The van der Waals surface area contributed by atoms with Crippen LogP contribution in [0.4, 0.5) is 0 Å². The van der Waals surface area contributed by atoms with Crippen LogP contribution in [-0.4, -0.2) is 77.2 Å². The number of nitrogens with zero attached hydrogens (tertiary/aromatic N) is 2. The molecule has 3 aliphatic rings. The van der Waals surface area contributed by atoms with Crippen LogP contribution in [0.25, 0.3) is 0 Å². The van der Waals surface area contributed by atoms with E-state index in [1.54, 1.807) is 0 Å². The average Bonchev–Trinajstić information content (AvgIpc) is 3.37. The molecule has 2 bridgehead atoms. The summed E-state index contributed by atoms with van der Waals surface area (Å²) in [6, 6.07) is 9.55. The van der Waals surface area contributed by atoms with Gasteiger partial charge in [-0.2, -0.15) is 0 Å². The molecule has 3 unspecified atom stereocenters. The van der Waals surface area contributed by atoms with Gasteiger partial charge in [-0.1, -0.05) is 30.4 Å². The average molecular weight is 416 g/mol. The molecule has 2 fully saturated rings. The molecule has 0 radical (unpaired) electrons. The molecule has 8 heteroatoms. The van der Waals surface area contributed by atoms with Crippen molar-refractivity contribution in [2.45, 2.75) is 12.8 Å². The number of ether oxygens (including phenoxy) is 1. The molecule has 0 spiro atoms. The zero-order valence-corrected chi connectivity index (χ0v) is 16.9. The largest absolute Gasteiger partial charge is 0.484 e. The van der Waals surface area contributed by atoms with Crippen molar-refractivity contribution in [1.29, 1.82) is 0 Å². The van der Waals surface area contributed by atoms with Gasteiger partial charge in [0.05, 0.1) is 0 Å². The summed E-state index contributed by atoms with van der Waals surface area (Å²) in [6.07, 6.45) is 7.58. The van der Waals surface area contributed by atoms with E-state index >= 15 is 0 Å². The summed E-state index contributed by atoms with van der Waals surface area (Å²) in [5.74, 6) is -0.296. The van der Waals surface area contributed by atoms with Crippen LogP contribution in [0, 0.1) is 17.8 Å². The molecular weight excluding hydrogens is 388 g/mol. The second-order valence-corrected chi connectivity index (χ2v) is 7.93. The Morgan fingerprint density at radius 2 is 1.60 bits per heavy atom. The number of carbonyl (C=O) groups is 3. The van der Waals surface area contributed by atoms with Gasteiger partial charge in [0.15, 0.2) is 6.61 Å². The molecule has 1 aromatic carbocycles. The van der Waals surface area contributed by atoms with Gasteiger partial charge in [0.25, 0.3) is 5.91 Å². The lowest BCUT2D eigenvalue weighted by Gasteiger charge is -2.36. The number of allylic oxidation sites excluding steroid dienone is 2. The lowest BCUT2D eigenvalue weighted by molar-refractivity contribution is -0.159. The highest BCUT2D eigenvalue weighted by Gasteiger charge is 2.36. The maximum absolute atomic E-state index is 12.3. The van der Waals surface area contributed by atoms with Crippen LogP contribution < -0.4 is 4.74 Å². The Morgan fingerprint density at radius 3 is 2.13 bits per heavy atom. The molecule has 1 saturated heterocycles. The van der Waals surface area contributed by atoms with Crippen molar-refractivity contribution < 1.29 is 29.3 Å². The molecule has 1 heterocycles. The Balaban J connectivity index is 0.000000377. The van der Waals surface area contributed by atoms with E-state index in [4.69, 9.17) is 24.5 Å². The SMILES string of the molecule is O=C(COc1ccccc1)N1CCN(CC2CC3C=CC2C3)CC1.O=C(O)C(=O)O. The van der Waals surface area contributed by atoms with Crippen molar-refractivity contribution in [2.24, 2.45) is 17.8 Å². The van der Waals surface area contributed by atoms with Gasteiger partial charge in [-0.15, -0.1) is 0 Å². The van der Waals surface area contributed by atoms with Crippen molar-refractivity contribution in [2.75, 3.05) is 39.3 Å². The normalized spacial score (nSPS) is 24.8. The van der Waals surface area contributed by atoms with Gasteiger partial charge in [-0.25, -0.2) is 9.59 Å². The number of hydrogen-bond acceptors (Lipinski definition) is 5. The molecule has 2 aliphatic carbocycles. The predicted molar refractivity (Wildman–Crippen MR) is 109 cm³/mol. The predicted octanol–water partition coefficient (Wildman–Crippen LogP) is 1.58. The molecule has 1 saturated carbocycles. The van der Waals surface area contributed by atoms with E-state index in [0.29, 0.717) is 0 Å². The summed E-state index contributed by atoms with van der Waals surface area (Å²) >= 11 is 0. The number of para-hydroxylation sites is 1. The Morgan fingerprint density at radius 1 is 0.933 bits per heavy atom. The Kier molecular flexibility index (Phi) is 7.46. The molecule has 4 rings (SSSR count). The molecule has 1 amide bonds. The second-order valence-electron chi connectivity index (χ2n) is 7.93. The third-order valence-corrected chi connectivity index (χ3v) is 5.92. The highest BCUT2D eigenvalue weighted by molar-refractivity contribution is 6.27. The van der Waals surface area contributed by atoms with Crippen LogP contribution >= 0.6 is 0 Å². The number of carboxylic acids is 2. The molecule has 1 aliphatic heterocycles. The lowest BCUT2D eigenvalue weighted by atomic mass is 9.93. The lowest BCUT2D eigenvalue weighted by Crippen LogP contribution is -2.51. The van der Waals surface area contributed by atoms with Gasteiger partial charge in [0, 0.05) is 32.7 Å². The summed E-state index contributed by atoms with van der Waals surface area (Å²) in [4.78, 5) is 35.0. The van der Waals surface area contributed by atoms with Crippen molar-refractivity contribution in [1.82, 2.24) is 9.80 Å². The number of piperazine rings is 1. The maximum Gasteiger partial charge on any atom is 0.414 e. The van der Waals surface area contributed by atoms with Crippen LogP contribution in [0.2, 0.25) is 0 Å². The summed E-state index contributed by atoms with van der Waals surface area (Å²) in [6.45, 7) is 4.99. The molecule has 1 aromatic rings. The van der Waals surface area contributed by atoms with Crippen LogP contribution in [-0.2, 0) is 14.4 Å². The van der Waals surface area contributed by atoms with Crippen LogP contribution in [0.1, 0.15) is 12.8 Å². The minimum absolute atomic E-state index is 0.0985. The van der Waals surface area contributed by atoms with Gasteiger partial charge < -0.3 is 19.8 Å². The van der Waals surface area contributed by atoms with E-state index in [1.165, 1.54) is 19.4 Å². The number of rotatable bonds is 5. The van der Waals surface area contributed by atoms with E-state index in [-0.39, 0.29) is 12.5 Å². The fourth-order valence-electron chi connectivity index (χ4n) is 4.37. The summed E-state index contributed by atoms with van der Waals surface area (Å²) in [5, 5.41) is 14.8. The van der Waals surface area contributed by atoms with E-state index in [9.17, 15) is 4.79 Å². The molecule has 8 nitrogen and oxygen atoms in total. The van der Waals surface area contributed by atoms with E-state index in [2.05, 4.69) is 17.1 Å². The number of carboxylic acid groups (broad SMARTS) is 2. The fourth-order valence-corrected chi connectivity index (χ4v) is 4.37. The van der Waals surface area contributed by atoms with Gasteiger partial charge in [0.2, 0.25) is 0 Å². The molecule has 2 N–H and O–H groups in total. The Hall–Kier alpha value is -2.87. The minimum Gasteiger partial charge on any atom is -0.484 e. The summed E-state index contributed by atoms with van der Waals surface area (Å²) < 4.78 is 5.58. The van der Waals surface area contributed by atoms with Gasteiger partial charge >= 0.3 is 11.9 Å². The number of benzene rings is 1. The summed E-state index contributed by atoms with van der Waals surface area (Å²) in [7, 11) is 0. The van der Waals surface area contributed by atoms with Crippen molar-refractivity contribution >= 4 is 17.8 Å². The minimum atomic E-state index is -1.82. The number of aliphatic carboxylic acids is 2. The third kappa shape index (κ3) is 6.06. The van der Waals surface area contributed by atoms with Gasteiger partial charge in [0.1, 0.15) is 5.75 Å². The molecule has 0 aromatic heterocycles. The van der Waals surface area contributed by atoms with Crippen molar-refractivity contribution in [3.63, 3.8) is 0 Å². The van der Waals surface area contributed by atoms with Crippen LogP contribution in [0.5, 0.6) is 5.75 Å². The first kappa shape index (κ1) is 21.8. The quantitative estimate of drug-likeness (QED) is 0.554. The zero-order chi connectivity index (χ0) is 21.5. The number of hydrogen-bond donors (Lipinski definition) is 2. The second kappa shape index (κ2) is 10.2. The molecule has 3 atom stereocenters. The van der Waals surface area contributed by atoms with Gasteiger partial charge in [-0.05, 0) is 42.7 Å². The molecular formula is C22H28N2O6. The van der Waals surface area contributed by atoms with Crippen LogP contribution in [0.15, 0.2) is 42.5 Å². The summed E-state index contributed by atoms with van der Waals surface area (Å²) in [5.41, 5.74) is 0. The smallest absolute Gasteiger partial charge is 0.414 e. The first-order valence-corrected chi connectivity index (χ1v) is 10.2. The fraction of sp³-hybridized carbons (Fsp3) is 0.500. The zero-order valence-electron chi connectivity index (χ0n) is 16.9. The third-order valence-electron chi connectivity index (χ3n) is 5.92. The molecule has 162 valence electrons. The van der Waals surface area contributed by atoms with E-state index < -0.39 is 11.9 Å².